The smallest absolute Gasteiger partial charge is 0.319 e. The molecule has 0 rings (SSSR count). The summed E-state index contributed by atoms with van der Waals surface area (Å²) >= 11 is 0. The molecule has 0 aliphatic rings. The number of methoxy groups -OCH3 is 8. The van der Waals surface area contributed by atoms with Crippen LogP contribution in [0, 0.1) is 0 Å². The molecule has 0 aromatic carbocycles. The van der Waals surface area contributed by atoms with Crippen LogP contribution in [0.3, 0.4) is 0 Å². The van der Waals surface area contributed by atoms with Crippen molar-refractivity contribution in [3.05, 3.63) is 0 Å². The van der Waals surface area contributed by atoms with Crippen molar-refractivity contribution in [2.24, 2.45) is 0 Å². The summed E-state index contributed by atoms with van der Waals surface area (Å²) in [5, 5.41) is 28.8. The molecule has 0 saturated carbocycles. The zero-order chi connectivity index (χ0) is 21.1. The van der Waals surface area contributed by atoms with Gasteiger partial charge in [0.1, 0.15) is 0 Å². The lowest BCUT2D eigenvalue weighted by Gasteiger charge is -2.40. The van der Waals surface area contributed by atoms with Crippen molar-refractivity contribution in [2.75, 3.05) is 56.9 Å². The summed E-state index contributed by atoms with van der Waals surface area (Å²) in [5.41, 5.74) is 0. The highest BCUT2D eigenvalue weighted by molar-refractivity contribution is 4.49. The first kappa shape index (κ1) is 27.7. The van der Waals surface area contributed by atoms with Gasteiger partial charge in [0.15, 0.2) is 0 Å². The predicted molar refractivity (Wildman–Crippen MR) is 78.0 cm³/mol. The maximum atomic E-state index is 7.19. The SMILES string of the molecule is COC(OC)(OC)OC(OC)(OC)OC(OC)(OC)OC.OC(O)(O)O. The number of ether oxygens (including phenoxy) is 10. The van der Waals surface area contributed by atoms with Crippen molar-refractivity contribution < 1.29 is 67.8 Å². The van der Waals surface area contributed by atoms with Crippen LogP contribution in [0.15, 0.2) is 0 Å². The molecule has 160 valence electrons. The van der Waals surface area contributed by atoms with E-state index in [0.717, 1.165) is 0 Å². The standard InChI is InChI=1S/C11H24O10.CH4O4/c1-12-9(13-2,14-3)20-11(18-7,19-8)21-10(15-4,16-5)17-6;2-1(3,4)5/h1-8H3;2-5H. The maximum absolute atomic E-state index is 7.19. The van der Waals surface area contributed by atoms with Crippen LogP contribution in [0.5, 0.6) is 0 Å². The summed E-state index contributed by atoms with van der Waals surface area (Å²) in [4.78, 5) is 0. The van der Waals surface area contributed by atoms with E-state index in [9.17, 15) is 0 Å². The Morgan fingerprint density at radius 1 is 0.385 bits per heavy atom. The monoisotopic (exact) mass is 396 g/mol. The van der Waals surface area contributed by atoms with Gasteiger partial charge in [-0.3, -0.25) is 0 Å². The van der Waals surface area contributed by atoms with Crippen LogP contribution in [0.4, 0.5) is 0 Å². The lowest BCUT2D eigenvalue weighted by atomic mass is 10.9. The van der Waals surface area contributed by atoms with Gasteiger partial charge >= 0.3 is 24.6 Å². The topological polar surface area (TPSA) is 173 Å². The second kappa shape index (κ2) is 12.0. The maximum Gasteiger partial charge on any atom is 0.424 e. The Labute approximate surface area is 150 Å². The summed E-state index contributed by atoms with van der Waals surface area (Å²) in [6.07, 6.45) is -9.62. The van der Waals surface area contributed by atoms with Crippen molar-refractivity contribution >= 4 is 0 Å². The highest BCUT2D eigenvalue weighted by Crippen LogP contribution is 2.31. The van der Waals surface area contributed by atoms with Gasteiger partial charge in [0, 0.05) is 56.9 Å². The molecular weight excluding hydrogens is 368 g/mol. The molecule has 26 heavy (non-hydrogen) atoms. The minimum Gasteiger partial charge on any atom is -0.319 e. The second-order valence-electron chi connectivity index (χ2n) is 3.94. The van der Waals surface area contributed by atoms with Gasteiger partial charge in [0.05, 0.1) is 0 Å². The molecule has 0 unspecified atom stereocenters. The number of hydrogen-bond acceptors (Lipinski definition) is 14. The Bertz CT molecular complexity index is 298. The lowest BCUT2D eigenvalue weighted by Crippen LogP contribution is -2.57. The van der Waals surface area contributed by atoms with Crippen LogP contribution in [0.2, 0.25) is 0 Å². The van der Waals surface area contributed by atoms with Crippen molar-refractivity contribution in [2.45, 2.75) is 24.6 Å². The zero-order valence-electron chi connectivity index (χ0n) is 15.9. The van der Waals surface area contributed by atoms with E-state index in [1.165, 1.54) is 56.9 Å². The molecule has 14 nitrogen and oxygen atoms in total. The summed E-state index contributed by atoms with van der Waals surface area (Å²) < 4.78 is 50.7. The molecule has 0 bridgehead atoms. The van der Waals surface area contributed by atoms with Gasteiger partial charge in [0.25, 0.3) is 0 Å². The van der Waals surface area contributed by atoms with Crippen molar-refractivity contribution in [3.8, 4) is 0 Å². The van der Waals surface area contributed by atoms with Crippen LogP contribution < -0.4 is 0 Å². The molecule has 0 aliphatic heterocycles. The molecule has 0 aromatic rings. The Hall–Kier alpha value is -0.560. The first-order chi connectivity index (χ1) is 11.9. The van der Waals surface area contributed by atoms with E-state index < -0.39 is 24.6 Å². The second-order valence-corrected chi connectivity index (χ2v) is 3.94. The summed E-state index contributed by atoms with van der Waals surface area (Å²) in [6, 6.07) is 0. The molecule has 4 N–H and O–H groups in total. The van der Waals surface area contributed by atoms with Crippen molar-refractivity contribution in [3.63, 3.8) is 0 Å². The molecule has 0 amide bonds. The van der Waals surface area contributed by atoms with E-state index in [1.54, 1.807) is 0 Å². The third-order valence-electron chi connectivity index (χ3n) is 2.50. The van der Waals surface area contributed by atoms with E-state index in [1.807, 2.05) is 0 Å². The highest BCUT2D eigenvalue weighted by Gasteiger charge is 2.53. The van der Waals surface area contributed by atoms with Gasteiger partial charge in [-0.15, -0.1) is 0 Å². The Morgan fingerprint density at radius 3 is 0.654 bits per heavy atom. The van der Waals surface area contributed by atoms with Crippen LogP contribution in [0.1, 0.15) is 0 Å². The minimum absolute atomic E-state index is 1.24. The average molecular weight is 396 g/mol. The first-order valence-corrected chi connectivity index (χ1v) is 6.61. The molecular formula is C12H28O14. The molecule has 0 atom stereocenters. The van der Waals surface area contributed by atoms with Crippen LogP contribution in [-0.2, 0) is 47.4 Å². The normalized spacial score (nSPS) is 13.4. The molecule has 0 saturated heterocycles. The minimum atomic E-state index is -3.50. The number of hydrogen-bond donors (Lipinski definition) is 4. The van der Waals surface area contributed by atoms with E-state index in [4.69, 9.17) is 67.8 Å². The summed E-state index contributed by atoms with van der Waals surface area (Å²) in [5.74, 6) is 0. The zero-order valence-corrected chi connectivity index (χ0v) is 15.9. The van der Waals surface area contributed by atoms with Crippen LogP contribution in [0.25, 0.3) is 0 Å². The summed E-state index contributed by atoms with van der Waals surface area (Å²) in [7, 11) is 10.1. The fourth-order valence-corrected chi connectivity index (χ4v) is 1.33. The van der Waals surface area contributed by atoms with Crippen molar-refractivity contribution in [1.29, 1.82) is 0 Å². The van der Waals surface area contributed by atoms with Crippen LogP contribution >= 0.6 is 0 Å². The van der Waals surface area contributed by atoms with Crippen molar-refractivity contribution in [1.82, 2.24) is 0 Å². The third-order valence-corrected chi connectivity index (χ3v) is 2.50. The van der Waals surface area contributed by atoms with E-state index >= 15 is 0 Å². The number of rotatable bonds is 12. The Kier molecular flexibility index (Phi) is 12.8. The predicted octanol–water partition coefficient (Wildman–Crippen LogP) is -2.41. The van der Waals surface area contributed by atoms with Gasteiger partial charge in [-0.05, 0) is 0 Å². The third kappa shape index (κ3) is 9.40. The van der Waals surface area contributed by atoms with Gasteiger partial charge in [0.2, 0.25) is 0 Å². The van der Waals surface area contributed by atoms with E-state index in [2.05, 4.69) is 0 Å². The Morgan fingerprint density at radius 2 is 0.538 bits per heavy atom. The Balaban J connectivity index is 0. The number of aliphatic hydroxyl groups is 4. The first-order valence-electron chi connectivity index (χ1n) is 6.61. The molecule has 0 fully saturated rings. The highest BCUT2D eigenvalue weighted by atomic mass is 17.2. The lowest BCUT2D eigenvalue weighted by molar-refractivity contribution is -0.659. The van der Waals surface area contributed by atoms with E-state index in [-0.39, 0.29) is 0 Å². The fraction of sp³-hybridized carbons (Fsp3) is 1.00. The fourth-order valence-electron chi connectivity index (χ4n) is 1.33. The largest absolute Gasteiger partial charge is 0.424 e. The van der Waals surface area contributed by atoms with Gasteiger partial charge in [-0.2, -0.15) is 0 Å². The van der Waals surface area contributed by atoms with E-state index in [0.29, 0.717) is 0 Å². The molecule has 14 heteroatoms. The van der Waals surface area contributed by atoms with Gasteiger partial charge < -0.3 is 58.3 Å². The molecule has 0 heterocycles. The quantitative estimate of drug-likeness (QED) is 0.257. The van der Waals surface area contributed by atoms with Crippen LogP contribution in [-0.4, -0.2) is 102 Å². The van der Waals surface area contributed by atoms with Gasteiger partial charge in [-0.1, -0.05) is 0 Å². The van der Waals surface area contributed by atoms with Gasteiger partial charge in [-0.25, -0.2) is 9.47 Å². The molecule has 0 aliphatic carbocycles. The molecule has 0 aromatic heterocycles. The molecule has 0 radical (unpaired) electrons. The molecule has 0 spiro atoms. The summed E-state index contributed by atoms with van der Waals surface area (Å²) in [6.45, 7) is 0. The average Bonchev–Trinajstić information content (AvgIpc) is 2.62.